The van der Waals surface area contributed by atoms with Gasteiger partial charge in [0.2, 0.25) is 0 Å². The molecule has 1 nitrogen and oxygen atoms in total. The molecule has 0 N–H and O–H groups in total. The Bertz CT molecular complexity index is 363. The summed E-state index contributed by atoms with van der Waals surface area (Å²) in [5.41, 5.74) is 0.899. The van der Waals surface area contributed by atoms with Crippen molar-refractivity contribution in [3.8, 4) is 0 Å². The van der Waals surface area contributed by atoms with Gasteiger partial charge >= 0.3 is 0 Å². The second-order valence-corrected chi connectivity index (χ2v) is 6.45. The lowest BCUT2D eigenvalue weighted by Crippen LogP contribution is -2.26. The molecule has 1 aromatic heterocycles. The van der Waals surface area contributed by atoms with E-state index in [4.69, 9.17) is 0 Å². The van der Waals surface area contributed by atoms with Crippen LogP contribution in [-0.2, 0) is 12.5 Å². The summed E-state index contributed by atoms with van der Waals surface area (Å²) in [6.45, 7) is 6.71. The summed E-state index contributed by atoms with van der Waals surface area (Å²) < 4.78 is 16.2. The molecule has 0 aliphatic rings. The summed E-state index contributed by atoms with van der Waals surface area (Å²) in [7, 11) is 1.97. The van der Waals surface area contributed by atoms with Crippen LogP contribution in [0.3, 0.4) is 0 Å². The molecule has 0 spiro atoms. The number of nitrogens with zero attached hydrogens (tertiary/aromatic N) is 1. The molecule has 0 aliphatic carbocycles. The fourth-order valence-corrected chi connectivity index (χ4v) is 3.28. The molecule has 0 saturated carbocycles. The normalized spacial score (nSPS) is 14.4. The quantitative estimate of drug-likeness (QED) is 0.465. The highest BCUT2D eigenvalue weighted by Crippen LogP contribution is 2.36. The van der Waals surface area contributed by atoms with Crippen molar-refractivity contribution < 1.29 is 4.39 Å². The molecule has 0 bridgehead atoms. The first-order chi connectivity index (χ1) is 9.55. The zero-order chi connectivity index (χ0) is 15.0. The number of hydrogen-bond acceptors (Lipinski definition) is 0. The average molecular weight is 281 g/mol. The van der Waals surface area contributed by atoms with E-state index in [9.17, 15) is 4.39 Å². The minimum atomic E-state index is -0.0259. The maximum atomic E-state index is 14.2. The molecule has 1 heterocycles. The second-order valence-electron chi connectivity index (χ2n) is 6.45. The Morgan fingerprint density at radius 3 is 2.05 bits per heavy atom. The van der Waals surface area contributed by atoms with Gasteiger partial charge in [0, 0.05) is 18.7 Å². The fourth-order valence-electron chi connectivity index (χ4n) is 3.28. The Hall–Kier alpha value is -0.790. The van der Waals surface area contributed by atoms with Crippen LogP contribution in [0.1, 0.15) is 84.3 Å². The standard InChI is InChI=1S/C18H32FN/c1-5-7-9-11-14-18(3,13-10-8-6-2)17-16(19)12-15-20(17)4/h12,15H,5-11,13-14H2,1-4H3. The molecule has 20 heavy (non-hydrogen) atoms. The van der Waals surface area contributed by atoms with Gasteiger partial charge in [0.05, 0.1) is 5.69 Å². The highest BCUT2D eigenvalue weighted by atomic mass is 19.1. The Morgan fingerprint density at radius 2 is 1.55 bits per heavy atom. The number of hydrogen-bond donors (Lipinski definition) is 0. The molecule has 0 aromatic carbocycles. The first-order valence-electron chi connectivity index (χ1n) is 8.36. The van der Waals surface area contributed by atoms with Gasteiger partial charge in [-0.05, 0) is 18.9 Å². The average Bonchev–Trinajstić information content (AvgIpc) is 2.75. The Kier molecular flexibility index (Phi) is 7.32. The van der Waals surface area contributed by atoms with Gasteiger partial charge in [-0.2, -0.15) is 0 Å². The van der Waals surface area contributed by atoms with Crippen molar-refractivity contribution in [2.24, 2.45) is 7.05 Å². The van der Waals surface area contributed by atoms with Crippen LogP contribution in [-0.4, -0.2) is 4.57 Å². The molecule has 1 aromatic rings. The lowest BCUT2D eigenvalue weighted by molar-refractivity contribution is 0.335. The van der Waals surface area contributed by atoms with E-state index in [0.717, 1.165) is 18.5 Å². The molecule has 0 amide bonds. The number of unbranched alkanes of at least 4 members (excludes halogenated alkanes) is 5. The molecular weight excluding hydrogens is 249 g/mol. The summed E-state index contributed by atoms with van der Waals surface area (Å²) in [6.07, 6.45) is 12.8. The molecule has 1 rings (SSSR count). The fraction of sp³-hybridized carbons (Fsp3) is 0.778. The van der Waals surface area contributed by atoms with Crippen LogP contribution >= 0.6 is 0 Å². The van der Waals surface area contributed by atoms with E-state index in [1.54, 1.807) is 6.07 Å². The van der Waals surface area contributed by atoms with Crippen LogP contribution in [0.2, 0.25) is 0 Å². The van der Waals surface area contributed by atoms with Crippen LogP contribution in [0.5, 0.6) is 0 Å². The third-order valence-corrected chi connectivity index (χ3v) is 4.51. The zero-order valence-corrected chi connectivity index (χ0v) is 13.8. The van der Waals surface area contributed by atoms with Gasteiger partial charge < -0.3 is 4.57 Å². The smallest absolute Gasteiger partial charge is 0.144 e. The summed E-state index contributed by atoms with van der Waals surface area (Å²) in [5, 5.41) is 0. The van der Waals surface area contributed by atoms with Gasteiger partial charge in [0.25, 0.3) is 0 Å². The minimum absolute atomic E-state index is 0.00869. The van der Waals surface area contributed by atoms with E-state index in [0.29, 0.717) is 0 Å². The van der Waals surface area contributed by atoms with E-state index >= 15 is 0 Å². The van der Waals surface area contributed by atoms with Crippen LogP contribution < -0.4 is 0 Å². The van der Waals surface area contributed by atoms with Crippen molar-refractivity contribution in [2.75, 3.05) is 0 Å². The lowest BCUT2D eigenvalue weighted by atomic mass is 9.76. The van der Waals surface area contributed by atoms with Gasteiger partial charge in [-0.1, -0.05) is 65.7 Å². The van der Waals surface area contributed by atoms with Gasteiger partial charge in [0.15, 0.2) is 0 Å². The van der Waals surface area contributed by atoms with Crippen molar-refractivity contribution in [1.82, 2.24) is 4.57 Å². The summed E-state index contributed by atoms with van der Waals surface area (Å²) >= 11 is 0. The Balaban J connectivity index is 2.77. The maximum absolute atomic E-state index is 14.2. The first kappa shape index (κ1) is 17.3. The van der Waals surface area contributed by atoms with Gasteiger partial charge in [-0.3, -0.25) is 0 Å². The highest BCUT2D eigenvalue weighted by Gasteiger charge is 2.31. The van der Waals surface area contributed by atoms with Crippen LogP contribution in [0.15, 0.2) is 12.3 Å². The lowest BCUT2D eigenvalue weighted by Gasteiger charge is -2.31. The molecule has 1 unspecified atom stereocenters. The number of aryl methyl sites for hydroxylation is 1. The number of aromatic nitrogens is 1. The van der Waals surface area contributed by atoms with E-state index in [2.05, 4.69) is 20.8 Å². The molecular formula is C18H32FN. The van der Waals surface area contributed by atoms with Crippen molar-refractivity contribution in [2.45, 2.75) is 84.0 Å². The van der Waals surface area contributed by atoms with Crippen molar-refractivity contribution in [1.29, 1.82) is 0 Å². The van der Waals surface area contributed by atoms with Crippen molar-refractivity contribution in [3.63, 3.8) is 0 Å². The van der Waals surface area contributed by atoms with Crippen LogP contribution in [0.4, 0.5) is 4.39 Å². The van der Waals surface area contributed by atoms with Crippen molar-refractivity contribution >= 4 is 0 Å². The Morgan fingerprint density at radius 1 is 1.00 bits per heavy atom. The van der Waals surface area contributed by atoms with E-state index in [1.165, 1.54) is 44.9 Å². The zero-order valence-electron chi connectivity index (χ0n) is 13.8. The first-order valence-corrected chi connectivity index (χ1v) is 8.36. The summed E-state index contributed by atoms with van der Waals surface area (Å²) in [4.78, 5) is 0. The van der Waals surface area contributed by atoms with Crippen LogP contribution in [0.25, 0.3) is 0 Å². The summed E-state index contributed by atoms with van der Waals surface area (Å²) in [5.74, 6) is -0.0259. The summed E-state index contributed by atoms with van der Waals surface area (Å²) in [6, 6.07) is 1.61. The van der Waals surface area contributed by atoms with E-state index in [1.807, 2.05) is 17.8 Å². The predicted octanol–water partition coefficient (Wildman–Crippen LogP) is 5.97. The number of halogens is 1. The van der Waals surface area contributed by atoms with E-state index in [-0.39, 0.29) is 11.2 Å². The van der Waals surface area contributed by atoms with Gasteiger partial charge in [-0.15, -0.1) is 0 Å². The molecule has 0 saturated heterocycles. The van der Waals surface area contributed by atoms with Crippen molar-refractivity contribution in [3.05, 3.63) is 23.8 Å². The third kappa shape index (κ3) is 4.64. The minimum Gasteiger partial charge on any atom is -0.351 e. The van der Waals surface area contributed by atoms with Gasteiger partial charge in [0.1, 0.15) is 5.82 Å². The topological polar surface area (TPSA) is 4.93 Å². The molecule has 1 atom stereocenters. The molecule has 116 valence electrons. The molecule has 0 aliphatic heterocycles. The largest absolute Gasteiger partial charge is 0.351 e. The molecule has 0 fully saturated rings. The Labute approximate surface area is 124 Å². The molecule has 0 radical (unpaired) electrons. The second kappa shape index (κ2) is 8.49. The number of rotatable bonds is 10. The van der Waals surface area contributed by atoms with Gasteiger partial charge in [-0.25, -0.2) is 4.39 Å². The SMILES string of the molecule is CCCCCCC(C)(CCCCC)c1c(F)ccn1C. The van der Waals surface area contributed by atoms with Crippen LogP contribution in [0, 0.1) is 5.82 Å². The third-order valence-electron chi connectivity index (χ3n) is 4.51. The highest BCUT2D eigenvalue weighted by molar-refractivity contribution is 5.20. The predicted molar refractivity (Wildman–Crippen MR) is 85.6 cm³/mol. The molecule has 2 heteroatoms. The van der Waals surface area contributed by atoms with E-state index < -0.39 is 0 Å². The monoisotopic (exact) mass is 281 g/mol. The maximum Gasteiger partial charge on any atom is 0.144 e.